The molecule has 58 heavy (non-hydrogen) atoms. The second-order valence-corrected chi connectivity index (χ2v) is 16.9. The SMILES string of the molecule is CCCCCC1c2cc(c(O)cc2O)C(CCCCC)c2cc(c(O)c(C)c2O)C(CCCCC)c2cc(c(O)c(C)c2O)C(CCCCC)c2cc1c(O)cc2O. The lowest BCUT2D eigenvalue weighted by atomic mass is 9.75. The number of aromatic hydroxyl groups is 8. The van der Waals surface area contributed by atoms with Crippen LogP contribution < -0.4 is 0 Å². The van der Waals surface area contributed by atoms with Crippen LogP contribution in [0.3, 0.4) is 0 Å². The maximum atomic E-state index is 12.0. The second kappa shape index (κ2) is 19.8. The third kappa shape index (κ3) is 9.11. The lowest BCUT2D eigenvalue weighted by Gasteiger charge is -2.30. The van der Waals surface area contributed by atoms with Crippen molar-refractivity contribution in [1.29, 1.82) is 0 Å². The summed E-state index contributed by atoms with van der Waals surface area (Å²) >= 11 is 0. The van der Waals surface area contributed by atoms with Crippen LogP contribution >= 0.6 is 0 Å². The summed E-state index contributed by atoms with van der Waals surface area (Å²) in [6.07, 6.45) is 12.9. The molecule has 0 aliphatic heterocycles. The monoisotopic (exact) mass is 796 g/mol. The maximum Gasteiger partial charge on any atom is 0.126 e. The lowest BCUT2D eigenvalue weighted by Crippen LogP contribution is -2.12. The summed E-state index contributed by atoms with van der Waals surface area (Å²) in [6.45, 7) is 11.8. The van der Waals surface area contributed by atoms with Crippen molar-refractivity contribution in [1.82, 2.24) is 0 Å². The van der Waals surface area contributed by atoms with Crippen molar-refractivity contribution < 1.29 is 40.9 Å². The van der Waals surface area contributed by atoms with E-state index in [0.29, 0.717) is 81.3 Å². The van der Waals surface area contributed by atoms with Gasteiger partial charge in [0.1, 0.15) is 46.0 Å². The van der Waals surface area contributed by atoms with Gasteiger partial charge in [-0.1, -0.05) is 105 Å². The van der Waals surface area contributed by atoms with Crippen molar-refractivity contribution >= 4 is 0 Å². The van der Waals surface area contributed by atoms with E-state index < -0.39 is 23.7 Å². The Bertz CT molecular complexity index is 1900. The summed E-state index contributed by atoms with van der Waals surface area (Å²) in [4.78, 5) is 0. The van der Waals surface area contributed by atoms with E-state index in [-0.39, 0.29) is 46.0 Å². The summed E-state index contributed by atoms with van der Waals surface area (Å²) in [7, 11) is 0. The minimum absolute atomic E-state index is 0.0743. The first-order valence-corrected chi connectivity index (χ1v) is 22.0. The first-order chi connectivity index (χ1) is 27.8. The van der Waals surface area contributed by atoms with Crippen molar-refractivity contribution in [3.63, 3.8) is 0 Å². The van der Waals surface area contributed by atoms with Crippen LogP contribution in [0.5, 0.6) is 46.0 Å². The van der Waals surface area contributed by atoms with E-state index in [9.17, 15) is 40.9 Å². The molecule has 0 aromatic heterocycles. The lowest BCUT2D eigenvalue weighted by molar-refractivity contribution is 0.415. The van der Waals surface area contributed by atoms with Gasteiger partial charge in [-0.25, -0.2) is 0 Å². The van der Waals surface area contributed by atoms with Crippen molar-refractivity contribution in [3.8, 4) is 46.0 Å². The highest BCUT2D eigenvalue weighted by Crippen LogP contribution is 2.54. The molecule has 2 atom stereocenters. The van der Waals surface area contributed by atoms with E-state index in [1.807, 2.05) is 24.3 Å². The summed E-state index contributed by atoms with van der Waals surface area (Å²) in [5, 5.41) is 94.8. The number of hydrogen-bond donors (Lipinski definition) is 8. The summed E-state index contributed by atoms with van der Waals surface area (Å²) in [5.41, 5.74) is 4.80. The molecule has 8 nitrogen and oxygen atoms in total. The average molecular weight is 797 g/mol. The molecular formula is C50H68O8. The number of rotatable bonds is 16. The Morgan fingerprint density at radius 1 is 0.310 bits per heavy atom. The van der Waals surface area contributed by atoms with Crippen molar-refractivity contribution in [3.05, 3.63) is 92.0 Å². The number of fused-ring (bicyclic) bond motifs is 8. The smallest absolute Gasteiger partial charge is 0.126 e. The summed E-state index contributed by atoms with van der Waals surface area (Å²) in [6, 6.07) is 10.0. The van der Waals surface area contributed by atoms with E-state index in [1.165, 1.54) is 12.1 Å². The third-order valence-corrected chi connectivity index (χ3v) is 12.9. The van der Waals surface area contributed by atoms with Gasteiger partial charge in [0.25, 0.3) is 0 Å². The van der Waals surface area contributed by atoms with Gasteiger partial charge in [-0.05, 0) is 63.8 Å². The molecule has 0 spiro atoms. The largest absolute Gasteiger partial charge is 0.508 e. The second-order valence-electron chi connectivity index (χ2n) is 16.9. The Morgan fingerprint density at radius 3 is 0.759 bits per heavy atom. The predicted octanol–water partition coefficient (Wildman–Crippen LogP) is 13.1. The molecule has 0 radical (unpaired) electrons. The molecule has 8 heteroatoms. The van der Waals surface area contributed by atoms with Gasteiger partial charge < -0.3 is 40.9 Å². The molecule has 4 aromatic carbocycles. The number of phenols is 8. The average Bonchev–Trinajstić information content (AvgIpc) is 3.19. The van der Waals surface area contributed by atoms with E-state index >= 15 is 0 Å². The standard InChI is InChI=1S/C50H68O8/c1-7-11-15-19-31-35-23-37(45(53)27-43(35)51)32(20-16-12-8-2)39-25-41(49(57)29(5)47(39)55)34(22-18-14-10-4)42-26-40(48(56)30(6)50(42)58)33(21-17-13-9-3)38-24-36(31)44(52)28-46(38)54/h23-28,31-34,51-58H,7-22H2,1-6H3. The van der Waals surface area contributed by atoms with Gasteiger partial charge in [-0.15, -0.1) is 0 Å². The fourth-order valence-electron chi connectivity index (χ4n) is 9.41. The normalized spacial score (nSPS) is 17.8. The molecule has 8 N–H and O–H groups in total. The maximum absolute atomic E-state index is 12.0. The Morgan fingerprint density at radius 2 is 0.517 bits per heavy atom. The molecule has 0 heterocycles. The highest BCUT2D eigenvalue weighted by Gasteiger charge is 2.34. The highest BCUT2D eigenvalue weighted by atomic mass is 16.3. The zero-order valence-electron chi connectivity index (χ0n) is 35.7. The number of benzene rings is 4. The van der Waals surface area contributed by atoms with E-state index in [4.69, 9.17) is 0 Å². The van der Waals surface area contributed by atoms with Gasteiger partial charge in [0.15, 0.2) is 0 Å². The van der Waals surface area contributed by atoms with Gasteiger partial charge in [0.05, 0.1) is 0 Å². The zero-order chi connectivity index (χ0) is 42.3. The number of unbranched alkanes of at least 4 members (excludes halogenated alkanes) is 8. The molecule has 4 aromatic rings. The van der Waals surface area contributed by atoms with Crippen LogP contribution in [-0.4, -0.2) is 40.9 Å². The van der Waals surface area contributed by atoms with Crippen molar-refractivity contribution in [2.75, 3.05) is 0 Å². The predicted molar refractivity (Wildman–Crippen MR) is 233 cm³/mol. The highest BCUT2D eigenvalue weighted by molar-refractivity contribution is 5.65. The molecule has 8 bridgehead atoms. The molecule has 0 fully saturated rings. The molecule has 0 saturated carbocycles. The molecule has 0 saturated heterocycles. The Kier molecular flexibility index (Phi) is 15.2. The fraction of sp³-hybridized carbons (Fsp3) is 0.520. The van der Waals surface area contributed by atoms with Crippen LogP contribution in [0.2, 0.25) is 0 Å². The molecule has 0 amide bonds. The van der Waals surface area contributed by atoms with Crippen LogP contribution in [-0.2, 0) is 0 Å². The van der Waals surface area contributed by atoms with Gasteiger partial charge in [-0.2, -0.15) is 0 Å². The van der Waals surface area contributed by atoms with Gasteiger partial charge >= 0.3 is 0 Å². The van der Waals surface area contributed by atoms with Crippen molar-refractivity contribution in [2.45, 2.75) is 168 Å². The minimum atomic E-state index is -0.543. The Balaban J connectivity index is 1.98. The van der Waals surface area contributed by atoms with Crippen LogP contribution in [0.1, 0.15) is 210 Å². The van der Waals surface area contributed by atoms with Gasteiger partial charge in [0.2, 0.25) is 0 Å². The molecular weight excluding hydrogens is 729 g/mol. The van der Waals surface area contributed by atoms with Crippen LogP contribution in [0.4, 0.5) is 0 Å². The summed E-state index contributed by atoms with van der Waals surface area (Å²) in [5.74, 6) is -2.94. The Labute approximate surface area is 345 Å². The Hall–Kier alpha value is -4.72. The molecule has 1 aliphatic rings. The molecule has 5 rings (SSSR count). The molecule has 2 unspecified atom stereocenters. The molecule has 1 aliphatic carbocycles. The van der Waals surface area contributed by atoms with Crippen LogP contribution in [0.15, 0.2) is 36.4 Å². The van der Waals surface area contributed by atoms with Gasteiger partial charge in [0, 0.05) is 91.4 Å². The van der Waals surface area contributed by atoms with Crippen LogP contribution in [0.25, 0.3) is 0 Å². The number of phenolic OH excluding ortho intramolecular Hbond substituents is 8. The quantitative estimate of drug-likeness (QED) is 0.0520. The van der Waals surface area contributed by atoms with Crippen molar-refractivity contribution in [2.24, 2.45) is 0 Å². The van der Waals surface area contributed by atoms with E-state index in [1.54, 1.807) is 13.8 Å². The van der Waals surface area contributed by atoms with Crippen LogP contribution in [0, 0.1) is 13.8 Å². The van der Waals surface area contributed by atoms with E-state index in [0.717, 1.165) is 77.0 Å². The summed E-state index contributed by atoms with van der Waals surface area (Å²) < 4.78 is 0. The number of hydrogen-bond acceptors (Lipinski definition) is 8. The first-order valence-electron chi connectivity index (χ1n) is 22.0. The fourth-order valence-corrected chi connectivity index (χ4v) is 9.41. The first kappa shape index (κ1) is 44.4. The molecule has 316 valence electrons. The van der Waals surface area contributed by atoms with Gasteiger partial charge in [-0.3, -0.25) is 0 Å². The third-order valence-electron chi connectivity index (χ3n) is 12.9. The topological polar surface area (TPSA) is 162 Å². The zero-order valence-corrected chi connectivity index (χ0v) is 35.7. The minimum Gasteiger partial charge on any atom is -0.508 e. The van der Waals surface area contributed by atoms with E-state index in [2.05, 4.69) is 27.7 Å².